The number of carbonyl (C=O) groups is 2. The van der Waals surface area contributed by atoms with Crippen molar-refractivity contribution in [2.45, 2.75) is 18.4 Å². The van der Waals surface area contributed by atoms with Crippen LogP contribution in [-0.4, -0.2) is 35.6 Å². The molecule has 2 aliphatic rings. The van der Waals surface area contributed by atoms with Crippen LogP contribution in [0.3, 0.4) is 0 Å². The molecule has 0 radical (unpaired) electrons. The fourth-order valence-electron chi connectivity index (χ4n) is 2.54. The van der Waals surface area contributed by atoms with Gasteiger partial charge in [0, 0.05) is 12.4 Å². The summed E-state index contributed by atoms with van der Waals surface area (Å²) in [7, 11) is 0. The van der Waals surface area contributed by atoms with Crippen molar-refractivity contribution in [2.75, 3.05) is 18.0 Å². The Bertz CT molecular complexity index is 482. The number of hydrogen-bond acceptors (Lipinski definition) is 4. The van der Waals surface area contributed by atoms with Gasteiger partial charge in [-0.25, -0.2) is 9.69 Å². The molecular weight excluding hydrogens is 232 g/mol. The first-order valence-electron chi connectivity index (χ1n) is 6.00. The predicted molar refractivity (Wildman–Crippen MR) is 65.1 cm³/mol. The molecule has 0 bridgehead atoms. The minimum absolute atomic E-state index is 0.153. The van der Waals surface area contributed by atoms with Crippen LogP contribution >= 0.6 is 0 Å². The summed E-state index contributed by atoms with van der Waals surface area (Å²) in [6.07, 6.45) is 4.42. The summed E-state index contributed by atoms with van der Waals surface area (Å²) in [5, 5.41) is 6.04. The topological polar surface area (TPSA) is 74.3 Å². The Hall–Kier alpha value is -1.95. The first-order chi connectivity index (χ1) is 8.73. The summed E-state index contributed by atoms with van der Waals surface area (Å²) in [6.45, 7) is 1.49. The van der Waals surface area contributed by atoms with E-state index in [1.165, 1.54) is 4.90 Å². The van der Waals surface area contributed by atoms with Crippen LogP contribution in [-0.2, 0) is 4.79 Å². The van der Waals surface area contributed by atoms with Gasteiger partial charge < -0.3 is 10.6 Å². The number of carbonyl (C=O) groups excluding carboxylic acids is 2. The van der Waals surface area contributed by atoms with Crippen LogP contribution in [0.25, 0.3) is 0 Å². The molecule has 0 aromatic carbocycles. The van der Waals surface area contributed by atoms with Crippen LogP contribution in [0.5, 0.6) is 0 Å². The zero-order chi connectivity index (χ0) is 12.6. The summed E-state index contributed by atoms with van der Waals surface area (Å²) in [6, 6.07) is 2.99. The molecule has 3 rings (SSSR count). The fraction of sp³-hybridized carbons (Fsp3) is 0.417. The number of pyridine rings is 1. The minimum atomic E-state index is -0.717. The maximum atomic E-state index is 12.5. The molecule has 2 fully saturated rings. The molecule has 2 aliphatic heterocycles. The number of nitrogens with one attached hydrogen (secondary N) is 2. The number of hydrogen-bond donors (Lipinski definition) is 2. The Labute approximate surface area is 104 Å². The van der Waals surface area contributed by atoms with E-state index in [4.69, 9.17) is 0 Å². The molecule has 18 heavy (non-hydrogen) atoms. The molecule has 1 aromatic rings. The summed E-state index contributed by atoms with van der Waals surface area (Å²) in [5.74, 6) is -0.153. The molecule has 2 saturated heterocycles. The van der Waals surface area contributed by atoms with E-state index in [-0.39, 0.29) is 11.9 Å². The van der Waals surface area contributed by atoms with Crippen LogP contribution in [0.1, 0.15) is 12.8 Å². The fourth-order valence-corrected chi connectivity index (χ4v) is 2.54. The standard InChI is InChI=1S/C12H14N4O2/c17-10-12(3-7-14-8-4-12)15-11(18)16(10)9-1-5-13-6-2-9/h1-2,5-6,14H,3-4,7-8H2,(H,15,18). The highest BCUT2D eigenvalue weighted by molar-refractivity contribution is 6.23. The van der Waals surface area contributed by atoms with Gasteiger partial charge in [-0.1, -0.05) is 0 Å². The second-order valence-corrected chi connectivity index (χ2v) is 4.61. The van der Waals surface area contributed by atoms with E-state index in [9.17, 15) is 9.59 Å². The molecule has 0 aliphatic carbocycles. The molecule has 1 aromatic heterocycles. The van der Waals surface area contributed by atoms with Gasteiger partial charge in [0.2, 0.25) is 0 Å². The van der Waals surface area contributed by atoms with Gasteiger partial charge in [0.1, 0.15) is 5.54 Å². The van der Waals surface area contributed by atoms with Crippen LogP contribution in [0.15, 0.2) is 24.5 Å². The molecule has 3 heterocycles. The van der Waals surface area contributed by atoms with Gasteiger partial charge in [-0.15, -0.1) is 0 Å². The number of amides is 3. The van der Waals surface area contributed by atoms with E-state index < -0.39 is 5.54 Å². The Morgan fingerprint density at radius 3 is 2.50 bits per heavy atom. The van der Waals surface area contributed by atoms with Gasteiger partial charge in [0.15, 0.2) is 0 Å². The number of rotatable bonds is 1. The molecule has 2 N–H and O–H groups in total. The van der Waals surface area contributed by atoms with Crippen LogP contribution in [0, 0.1) is 0 Å². The lowest BCUT2D eigenvalue weighted by molar-refractivity contribution is -0.122. The van der Waals surface area contributed by atoms with E-state index in [2.05, 4.69) is 15.6 Å². The maximum Gasteiger partial charge on any atom is 0.329 e. The van der Waals surface area contributed by atoms with Gasteiger partial charge >= 0.3 is 6.03 Å². The Balaban J connectivity index is 1.94. The first-order valence-corrected chi connectivity index (χ1v) is 6.00. The Kier molecular flexibility index (Phi) is 2.52. The summed E-state index contributed by atoms with van der Waals surface area (Å²) in [5.41, 5.74) is -0.145. The largest absolute Gasteiger partial charge is 0.329 e. The third kappa shape index (κ3) is 1.57. The molecule has 94 valence electrons. The number of anilines is 1. The monoisotopic (exact) mass is 246 g/mol. The SMILES string of the molecule is O=C1NC2(CCNCC2)C(=O)N1c1ccncc1. The molecule has 0 saturated carbocycles. The summed E-state index contributed by atoms with van der Waals surface area (Å²) >= 11 is 0. The number of piperidine rings is 1. The molecule has 0 unspecified atom stereocenters. The van der Waals surface area contributed by atoms with Gasteiger partial charge in [0.05, 0.1) is 5.69 Å². The zero-order valence-corrected chi connectivity index (χ0v) is 9.85. The molecular formula is C12H14N4O2. The van der Waals surface area contributed by atoms with Crippen molar-refractivity contribution in [1.29, 1.82) is 0 Å². The van der Waals surface area contributed by atoms with E-state index >= 15 is 0 Å². The second kappa shape index (κ2) is 4.06. The highest BCUT2D eigenvalue weighted by Gasteiger charge is 2.51. The van der Waals surface area contributed by atoms with Crippen molar-refractivity contribution in [1.82, 2.24) is 15.6 Å². The highest BCUT2D eigenvalue weighted by atomic mass is 16.2. The van der Waals surface area contributed by atoms with E-state index in [1.54, 1.807) is 24.5 Å². The minimum Gasteiger partial charge on any atom is -0.323 e. The van der Waals surface area contributed by atoms with E-state index in [1.807, 2.05) is 0 Å². The second-order valence-electron chi connectivity index (χ2n) is 4.61. The van der Waals surface area contributed by atoms with Gasteiger partial charge in [0.25, 0.3) is 5.91 Å². The normalized spacial score (nSPS) is 22.3. The van der Waals surface area contributed by atoms with Crippen LogP contribution in [0.2, 0.25) is 0 Å². The van der Waals surface area contributed by atoms with Gasteiger partial charge in [-0.05, 0) is 38.1 Å². The molecule has 0 atom stereocenters. The number of nitrogens with zero attached hydrogens (tertiary/aromatic N) is 2. The van der Waals surface area contributed by atoms with Crippen molar-refractivity contribution < 1.29 is 9.59 Å². The maximum absolute atomic E-state index is 12.5. The third-order valence-corrected chi connectivity index (χ3v) is 3.54. The predicted octanol–water partition coefficient (Wildman–Crippen LogP) is 0.260. The number of urea groups is 1. The lowest BCUT2D eigenvalue weighted by Gasteiger charge is -2.31. The quantitative estimate of drug-likeness (QED) is 0.697. The lowest BCUT2D eigenvalue weighted by Crippen LogP contribution is -2.53. The van der Waals surface area contributed by atoms with Crippen molar-refractivity contribution in [3.05, 3.63) is 24.5 Å². The zero-order valence-electron chi connectivity index (χ0n) is 9.85. The van der Waals surface area contributed by atoms with Crippen molar-refractivity contribution in [3.8, 4) is 0 Å². The smallest absolute Gasteiger partial charge is 0.323 e. The molecule has 6 nitrogen and oxygen atoms in total. The van der Waals surface area contributed by atoms with Crippen molar-refractivity contribution in [3.63, 3.8) is 0 Å². The average molecular weight is 246 g/mol. The molecule has 6 heteroatoms. The molecule has 1 spiro atoms. The Morgan fingerprint density at radius 2 is 1.83 bits per heavy atom. The Morgan fingerprint density at radius 1 is 1.17 bits per heavy atom. The van der Waals surface area contributed by atoms with Crippen molar-refractivity contribution in [2.24, 2.45) is 0 Å². The van der Waals surface area contributed by atoms with Gasteiger partial charge in [-0.3, -0.25) is 9.78 Å². The van der Waals surface area contributed by atoms with E-state index in [0.29, 0.717) is 18.5 Å². The summed E-state index contributed by atoms with van der Waals surface area (Å²) < 4.78 is 0. The third-order valence-electron chi connectivity index (χ3n) is 3.54. The summed E-state index contributed by atoms with van der Waals surface area (Å²) in [4.78, 5) is 29.6. The van der Waals surface area contributed by atoms with Crippen molar-refractivity contribution >= 4 is 17.6 Å². The highest BCUT2D eigenvalue weighted by Crippen LogP contribution is 2.30. The van der Waals surface area contributed by atoms with Crippen LogP contribution in [0.4, 0.5) is 10.5 Å². The number of aromatic nitrogens is 1. The van der Waals surface area contributed by atoms with E-state index in [0.717, 1.165) is 13.1 Å². The first kappa shape index (κ1) is 11.2. The lowest BCUT2D eigenvalue weighted by atomic mass is 9.88. The number of imide groups is 1. The average Bonchev–Trinajstić information content (AvgIpc) is 2.63. The van der Waals surface area contributed by atoms with Gasteiger partial charge in [-0.2, -0.15) is 0 Å². The van der Waals surface area contributed by atoms with Crippen LogP contribution < -0.4 is 15.5 Å². The molecule has 3 amide bonds.